The zero-order valence-corrected chi connectivity index (χ0v) is 11.5. The van der Waals surface area contributed by atoms with Crippen molar-refractivity contribution in [1.82, 2.24) is 5.32 Å². The van der Waals surface area contributed by atoms with Crippen molar-refractivity contribution in [2.75, 3.05) is 6.54 Å². The van der Waals surface area contributed by atoms with Gasteiger partial charge in [-0.1, -0.05) is 23.3 Å². The van der Waals surface area contributed by atoms with E-state index in [0.29, 0.717) is 11.6 Å². The van der Waals surface area contributed by atoms with Gasteiger partial charge >= 0.3 is 0 Å². The van der Waals surface area contributed by atoms with E-state index in [0.717, 1.165) is 19.3 Å². The van der Waals surface area contributed by atoms with Crippen molar-refractivity contribution in [2.24, 2.45) is 0 Å². The Kier molecular flexibility index (Phi) is 4.86. The van der Waals surface area contributed by atoms with Crippen LogP contribution in [-0.4, -0.2) is 17.6 Å². The van der Waals surface area contributed by atoms with E-state index < -0.39 is 0 Å². The number of allylic oxidation sites excluding steroid dienone is 1. The first-order valence-corrected chi connectivity index (χ1v) is 6.99. The third kappa shape index (κ3) is 4.00. The van der Waals surface area contributed by atoms with Gasteiger partial charge in [0.05, 0.1) is 5.56 Å². The molecule has 0 aromatic heterocycles. The summed E-state index contributed by atoms with van der Waals surface area (Å²) in [5.41, 5.74) is 1.65. The summed E-state index contributed by atoms with van der Waals surface area (Å²) >= 11 is 5.82. The van der Waals surface area contributed by atoms with Gasteiger partial charge in [-0.25, -0.2) is 0 Å². The Morgan fingerprint density at radius 1 is 1.37 bits per heavy atom. The Bertz CT molecular complexity index is 497. The maximum absolute atomic E-state index is 11.9. The molecule has 0 spiro atoms. The minimum Gasteiger partial charge on any atom is -0.507 e. The van der Waals surface area contributed by atoms with Crippen molar-refractivity contribution >= 4 is 17.5 Å². The van der Waals surface area contributed by atoms with Gasteiger partial charge < -0.3 is 10.4 Å². The van der Waals surface area contributed by atoms with E-state index in [9.17, 15) is 9.90 Å². The fourth-order valence-electron chi connectivity index (χ4n) is 2.25. The fourth-order valence-corrected chi connectivity index (χ4v) is 2.43. The molecule has 102 valence electrons. The second kappa shape index (κ2) is 6.62. The molecule has 0 saturated carbocycles. The molecule has 0 saturated heterocycles. The molecule has 1 aliphatic carbocycles. The van der Waals surface area contributed by atoms with Crippen molar-refractivity contribution in [3.05, 3.63) is 40.4 Å². The lowest BCUT2D eigenvalue weighted by atomic mass is 9.97. The van der Waals surface area contributed by atoms with Crippen LogP contribution in [0.4, 0.5) is 0 Å². The van der Waals surface area contributed by atoms with Crippen molar-refractivity contribution in [2.45, 2.75) is 32.1 Å². The average molecular weight is 280 g/mol. The third-order valence-corrected chi connectivity index (χ3v) is 3.56. The molecule has 1 amide bonds. The van der Waals surface area contributed by atoms with Gasteiger partial charge in [-0.15, -0.1) is 0 Å². The van der Waals surface area contributed by atoms with Crippen LogP contribution in [0.1, 0.15) is 42.5 Å². The number of benzene rings is 1. The fraction of sp³-hybridized carbons (Fsp3) is 0.400. The lowest BCUT2D eigenvalue weighted by Gasteiger charge is -2.13. The topological polar surface area (TPSA) is 49.3 Å². The number of carbonyl (C=O) groups is 1. The van der Waals surface area contributed by atoms with Crippen LogP contribution in [0.15, 0.2) is 29.8 Å². The molecule has 3 nitrogen and oxygen atoms in total. The Morgan fingerprint density at radius 2 is 2.21 bits per heavy atom. The van der Waals surface area contributed by atoms with Gasteiger partial charge in [-0.05, 0) is 50.3 Å². The van der Waals surface area contributed by atoms with Crippen molar-refractivity contribution < 1.29 is 9.90 Å². The monoisotopic (exact) mass is 279 g/mol. The zero-order valence-electron chi connectivity index (χ0n) is 10.8. The molecule has 2 N–H and O–H groups in total. The highest BCUT2D eigenvalue weighted by Crippen LogP contribution is 2.22. The summed E-state index contributed by atoms with van der Waals surface area (Å²) in [6.45, 7) is 0.594. The van der Waals surface area contributed by atoms with E-state index in [1.165, 1.54) is 30.5 Å². The van der Waals surface area contributed by atoms with Gasteiger partial charge in [-0.3, -0.25) is 4.79 Å². The molecule has 0 fully saturated rings. The number of phenolic OH excluding ortho intramolecular Hbond substituents is 1. The van der Waals surface area contributed by atoms with E-state index in [4.69, 9.17) is 11.6 Å². The van der Waals surface area contributed by atoms with Crippen LogP contribution in [0, 0.1) is 0 Å². The maximum Gasteiger partial charge on any atom is 0.255 e. The maximum atomic E-state index is 11.9. The number of rotatable bonds is 4. The molecule has 2 rings (SSSR count). The van der Waals surface area contributed by atoms with Crippen LogP contribution in [-0.2, 0) is 0 Å². The molecule has 0 bridgehead atoms. The molecule has 1 aromatic rings. The number of halogens is 1. The number of aromatic hydroxyl groups is 1. The molecule has 0 heterocycles. The second-order valence-corrected chi connectivity index (χ2v) is 5.21. The first-order valence-electron chi connectivity index (χ1n) is 6.61. The van der Waals surface area contributed by atoms with Crippen LogP contribution >= 0.6 is 11.6 Å². The number of hydrogen-bond donors (Lipinski definition) is 2. The van der Waals surface area contributed by atoms with E-state index in [1.807, 2.05) is 0 Å². The summed E-state index contributed by atoms with van der Waals surface area (Å²) in [6, 6.07) is 4.47. The van der Waals surface area contributed by atoms with Gasteiger partial charge in [0.15, 0.2) is 0 Å². The van der Waals surface area contributed by atoms with Gasteiger partial charge in [0.25, 0.3) is 5.91 Å². The van der Waals surface area contributed by atoms with E-state index >= 15 is 0 Å². The molecular weight excluding hydrogens is 262 g/mol. The molecule has 1 aromatic carbocycles. The zero-order chi connectivity index (χ0) is 13.7. The van der Waals surface area contributed by atoms with Crippen LogP contribution in [0.2, 0.25) is 5.02 Å². The van der Waals surface area contributed by atoms with E-state index in [-0.39, 0.29) is 17.2 Å². The standard InChI is InChI=1S/C15H18ClNO2/c16-12-6-7-14(18)13(10-12)15(19)17-9-8-11-4-2-1-3-5-11/h4,6-7,10,18H,1-3,5,8-9H2,(H,17,19). The lowest BCUT2D eigenvalue weighted by molar-refractivity contribution is 0.0951. The smallest absolute Gasteiger partial charge is 0.255 e. The van der Waals surface area contributed by atoms with Crippen molar-refractivity contribution in [1.29, 1.82) is 0 Å². The number of amides is 1. The SMILES string of the molecule is O=C(NCCC1=CCCCC1)c1cc(Cl)ccc1O. The molecule has 0 aliphatic heterocycles. The number of nitrogens with one attached hydrogen (secondary N) is 1. The van der Waals surface area contributed by atoms with E-state index in [1.54, 1.807) is 6.07 Å². The number of carbonyl (C=O) groups excluding carboxylic acids is 1. The molecule has 19 heavy (non-hydrogen) atoms. The Labute approximate surface area is 118 Å². The van der Waals surface area contributed by atoms with Gasteiger partial charge in [-0.2, -0.15) is 0 Å². The summed E-state index contributed by atoms with van der Waals surface area (Å²) in [7, 11) is 0. The Balaban J connectivity index is 1.87. The van der Waals surface area contributed by atoms with E-state index in [2.05, 4.69) is 11.4 Å². The molecular formula is C15H18ClNO2. The molecule has 0 unspecified atom stereocenters. The Hall–Kier alpha value is -1.48. The predicted octanol–water partition coefficient (Wildman–Crippen LogP) is 3.67. The van der Waals surface area contributed by atoms with Gasteiger partial charge in [0.1, 0.15) is 5.75 Å². The summed E-state index contributed by atoms with van der Waals surface area (Å²) in [6.07, 6.45) is 7.96. The number of hydrogen-bond acceptors (Lipinski definition) is 2. The highest BCUT2D eigenvalue weighted by atomic mass is 35.5. The van der Waals surface area contributed by atoms with Crippen LogP contribution in [0.5, 0.6) is 5.75 Å². The normalized spacial score (nSPS) is 14.9. The van der Waals surface area contributed by atoms with Gasteiger partial charge in [0.2, 0.25) is 0 Å². The van der Waals surface area contributed by atoms with Crippen LogP contribution < -0.4 is 5.32 Å². The summed E-state index contributed by atoms with van der Waals surface area (Å²) in [5.74, 6) is -0.324. The van der Waals surface area contributed by atoms with Crippen molar-refractivity contribution in [3.63, 3.8) is 0 Å². The number of phenols is 1. The van der Waals surface area contributed by atoms with Crippen molar-refractivity contribution in [3.8, 4) is 5.75 Å². The van der Waals surface area contributed by atoms with Crippen LogP contribution in [0.3, 0.4) is 0 Å². The Morgan fingerprint density at radius 3 is 2.95 bits per heavy atom. The summed E-state index contributed by atoms with van der Waals surface area (Å²) in [5, 5.41) is 12.9. The summed E-state index contributed by atoms with van der Waals surface area (Å²) in [4.78, 5) is 11.9. The molecule has 4 heteroatoms. The average Bonchev–Trinajstić information content (AvgIpc) is 2.42. The lowest BCUT2D eigenvalue weighted by Crippen LogP contribution is -2.25. The molecule has 0 atom stereocenters. The molecule has 1 aliphatic rings. The predicted molar refractivity (Wildman–Crippen MR) is 76.6 cm³/mol. The highest BCUT2D eigenvalue weighted by molar-refractivity contribution is 6.31. The highest BCUT2D eigenvalue weighted by Gasteiger charge is 2.11. The second-order valence-electron chi connectivity index (χ2n) is 4.78. The minimum absolute atomic E-state index is 0.0428. The van der Waals surface area contributed by atoms with Gasteiger partial charge in [0, 0.05) is 11.6 Å². The third-order valence-electron chi connectivity index (χ3n) is 3.32. The first kappa shape index (κ1) is 13.9. The molecule has 0 radical (unpaired) electrons. The summed E-state index contributed by atoms with van der Waals surface area (Å²) < 4.78 is 0. The first-order chi connectivity index (χ1) is 9.16. The minimum atomic E-state index is -0.281. The van der Waals surface area contributed by atoms with Crippen LogP contribution in [0.25, 0.3) is 0 Å². The quantitative estimate of drug-likeness (QED) is 0.826. The largest absolute Gasteiger partial charge is 0.507 e.